The number of carbonyl (C=O) groups is 1. The molecule has 2 unspecified atom stereocenters. The first-order chi connectivity index (χ1) is 14.0. The van der Waals surface area contributed by atoms with Crippen LogP contribution in [-0.2, 0) is 14.3 Å². The van der Waals surface area contributed by atoms with Crippen LogP contribution < -0.4 is 14.8 Å². The fraction of sp³-hybridized carbons (Fsp3) is 0.350. The van der Waals surface area contributed by atoms with E-state index in [1.807, 2.05) is 6.07 Å². The molecule has 154 valence electrons. The summed E-state index contributed by atoms with van der Waals surface area (Å²) in [7, 11) is 3.01. The molecule has 0 aliphatic carbocycles. The predicted molar refractivity (Wildman–Crippen MR) is 102 cm³/mol. The van der Waals surface area contributed by atoms with E-state index in [1.165, 1.54) is 14.2 Å². The minimum Gasteiger partial charge on any atom is -0.493 e. The van der Waals surface area contributed by atoms with Crippen LogP contribution in [0.1, 0.15) is 17.2 Å². The molecular formula is C20H22N2O7. The Balaban J connectivity index is 1.99. The van der Waals surface area contributed by atoms with Gasteiger partial charge in [0.1, 0.15) is 6.54 Å². The van der Waals surface area contributed by atoms with E-state index in [0.29, 0.717) is 29.2 Å². The summed E-state index contributed by atoms with van der Waals surface area (Å²) >= 11 is 0. The number of morpholine rings is 1. The van der Waals surface area contributed by atoms with Crippen molar-refractivity contribution in [3.8, 4) is 11.5 Å². The Morgan fingerprint density at radius 1 is 1.14 bits per heavy atom. The first-order valence-electron chi connectivity index (χ1n) is 8.99. The van der Waals surface area contributed by atoms with Crippen LogP contribution in [0, 0.1) is 10.1 Å². The molecule has 0 radical (unpaired) electrons. The maximum absolute atomic E-state index is 12.9. The van der Waals surface area contributed by atoms with Gasteiger partial charge in [-0.05, 0) is 17.7 Å². The van der Waals surface area contributed by atoms with E-state index in [-0.39, 0.29) is 13.2 Å². The molecule has 0 bridgehead atoms. The van der Waals surface area contributed by atoms with Crippen LogP contribution in [0.25, 0.3) is 0 Å². The maximum Gasteiger partial charge on any atom is 0.434 e. The van der Waals surface area contributed by atoms with Gasteiger partial charge in [-0.1, -0.05) is 36.4 Å². The summed E-state index contributed by atoms with van der Waals surface area (Å²) in [5.41, 5.74) is -1.07. The van der Waals surface area contributed by atoms with Crippen molar-refractivity contribution < 1.29 is 28.7 Å². The number of carbonyl (C=O) groups excluding carboxylic acids is 1. The number of hydrogen-bond acceptors (Lipinski definition) is 8. The lowest BCUT2D eigenvalue weighted by molar-refractivity contribution is -0.613. The van der Waals surface area contributed by atoms with Crippen LogP contribution >= 0.6 is 0 Å². The number of nitrogens with zero attached hydrogens (tertiary/aromatic N) is 1. The van der Waals surface area contributed by atoms with Crippen molar-refractivity contribution >= 4 is 5.97 Å². The molecule has 3 rings (SSSR count). The van der Waals surface area contributed by atoms with Crippen molar-refractivity contribution in [3.05, 3.63) is 69.8 Å². The number of nitrogens with one attached hydrogen (secondary N) is 1. The van der Waals surface area contributed by atoms with Crippen molar-refractivity contribution in [1.82, 2.24) is 5.32 Å². The molecule has 9 nitrogen and oxygen atoms in total. The average molecular weight is 402 g/mol. The van der Waals surface area contributed by atoms with Gasteiger partial charge < -0.3 is 24.3 Å². The van der Waals surface area contributed by atoms with Crippen LogP contribution in [0.3, 0.4) is 0 Å². The Hall–Kier alpha value is -3.17. The van der Waals surface area contributed by atoms with Crippen LogP contribution in [-0.4, -0.2) is 50.5 Å². The Kier molecular flexibility index (Phi) is 6.30. The molecule has 1 heterocycles. The molecule has 29 heavy (non-hydrogen) atoms. The van der Waals surface area contributed by atoms with Gasteiger partial charge in [-0.25, -0.2) is 4.79 Å². The Morgan fingerprint density at radius 2 is 1.86 bits per heavy atom. The van der Waals surface area contributed by atoms with Gasteiger partial charge in [0, 0.05) is 12.1 Å². The highest BCUT2D eigenvalue weighted by molar-refractivity contribution is 5.78. The molecule has 1 N–H and O–H groups in total. The molecule has 2 aromatic carbocycles. The van der Waals surface area contributed by atoms with Gasteiger partial charge in [0.25, 0.3) is 0 Å². The standard InChI is InChI=1S/C20H22N2O7/c1-26-16-9-8-15(12-17(16)27-2)18(14-6-4-3-5-7-14)29-19(23)20(22(24)25)13-21-10-11-28-20/h3-9,12,18,21H,10-11,13H2,1-2H3. The molecule has 0 amide bonds. The van der Waals surface area contributed by atoms with Crippen LogP contribution in [0.5, 0.6) is 11.5 Å². The molecule has 0 saturated carbocycles. The molecule has 1 aliphatic rings. The quantitative estimate of drug-likeness (QED) is 0.425. The number of rotatable bonds is 7. The smallest absolute Gasteiger partial charge is 0.434 e. The summed E-state index contributed by atoms with van der Waals surface area (Å²) < 4.78 is 21.5. The van der Waals surface area contributed by atoms with Crippen molar-refractivity contribution in [2.45, 2.75) is 11.8 Å². The zero-order chi connectivity index (χ0) is 20.9. The SMILES string of the molecule is COc1ccc(C(OC(=O)C2([N+](=O)[O-])CNCCO2)c2ccccc2)cc1OC. The Bertz CT molecular complexity index is 866. The first-order valence-corrected chi connectivity index (χ1v) is 8.99. The minimum atomic E-state index is -2.29. The van der Waals surface area contributed by atoms with Gasteiger partial charge in [0.2, 0.25) is 0 Å². The van der Waals surface area contributed by atoms with Gasteiger partial charge in [0.05, 0.1) is 25.7 Å². The second-order valence-corrected chi connectivity index (χ2v) is 6.38. The lowest BCUT2D eigenvalue weighted by Gasteiger charge is -2.29. The van der Waals surface area contributed by atoms with E-state index in [1.54, 1.807) is 42.5 Å². The molecule has 1 fully saturated rings. The fourth-order valence-electron chi connectivity index (χ4n) is 3.10. The van der Waals surface area contributed by atoms with E-state index in [0.717, 1.165) is 0 Å². The van der Waals surface area contributed by atoms with E-state index in [9.17, 15) is 14.9 Å². The maximum atomic E-state index is 12.9. The summed E-state index contributed by atoms with van der Waals surface area (Å²) in [4.78, 5) is 23.8. The number of benzene rings is 2. The van der Waals surface area contributed by atoms with E-state index in [4.69, 9.17) is 18.9 Å². The summed E-state index contributed by atoms with van der Waals surface area (Å²) in [5.74, 6) is -0.115. The van der Waals surface area contributed by atoms with Crippen LogP contribution in [0.15, 0.2) is 48.5 Å². The summed E-state index contributed by atoms with van der Waals surface area (Å²) in [5, 5.41) is 14.5. The third-order valence-electron chi connectivity index (χ3n) is 4.64. The van der Waals surface area contributed by atoms with Crippen molar-refractivity contribution in [1.29, 1.82) is 0 Å². The molecule has 2 atom stereocenters. The molecule has 2 aromatic rings. The van der Waals surface area contributed by atoms with Gasteiger partial charge in [-0.15, -0.1) is 0 Å². The van der Waals surface area contributed by atoms with Gasteiger partial charge >= 0.3 is 11.7 Å². The fourth-order valence-corrected chi connectivity index (χ4v) is 3.10. The monoisotopic (exact) mass is 402 g/mol. The molecule has 0 aromatic heterocycles. The second-order valence-electron chi connectivity index (χ2n) is 6.38. The Morgan fingerprint density at radius 3 is 2.45 bits per heavy atom. The second kappa shape index (κ2) is 8.89. The zero-order valence-corrected chi connectivity index (χ0v) is 16.1. The van der Waals surface area contributed by atoms with E-state index in [2.05, 4.69) is 5.32 Å². The van der Waals surface area contributed by atoms with Crippen molar-refractivity contribution in [3.63, 3.8) is 0 Å². The third-order valence-corrected chi connectivity index (χ3v) is 4.64. The molecule has 0 spiro atoms. The number of nitro groups is 1. The minimum absolute atomic E-state index is 0.0302. The topological polar surface area (TPSA) is 109 Å². The molecule has 9 heteroatoms. The molecule has 1 saturated heterocycles. The molecule has 1 aliphatic heterocycles. The van der Waals surface area contributed by atoms with Gasteiger partial charge in [-0.2, -0.15) is 0 Å². The summed E-state index contributed by atoms with van der Waals surface area (Å²) in [6.45, 7) is 0.176. The summed E-state index contributed by atoms with van der Waals surface area (Å²) in [6.07, 6.45) is -0.897. The predicted octanol–water partition coefficient (Wildman–Crippen LogP) is 1.93. The largest absolute Gasteiger partial charge is 0.493 e. The van der Waals surface area contributed by atoms with Crippen LogP contribution in [0.2, 0.25) is 0 Å². The number of methoxy groups -OCH3 is 2. The molecular weight excluding hydrogens is 380 g/mol. The van der Waals surface area contributed by atoms with E-state index >= 15 is 0 Å². The lowest BCUT2D eigenvalue weighted by Crippen LogP contribution is -2.60. The Labute approximate surface area is 167 Å². The van der Waals surface area contributed by atoms with Crippen molar-refractivity contribution in [2.24, 2.45) is 0 Å². The summed E-state index contributed by atoms with van der Waals surface area (Å²) in [6, 6.07) is 14.0. The normalized spacial score (nSPS) is 19.8. The average Bonchev–Trinajstić information content (AvgIpc) is 2.77. The number of ether oxygens (including phenoxy) is 4. The van der Waals surface area contributed by atoms with Crippen LogP contribution in [0.4, 0.5) is 0 Å². The highest BCUT2D eigenvalue weighted by atomic mass is 16.7. The highest BCUT2D eigenvalue weighted by Gasteiger charge is 2.56. The number of hydrogen-bond donors (Lipinski definition) is 1. The first kappa shape index (κ1) is 20.6. The highest BCUT2D eigenvalue weighted by Crippen LogP contribution is 2.35. The van der Waals surface area contributed by atoms with Gasteiger partial charge in [-0.3, -0.25) is 10.1 Å². The van der Waals surface area contributed by atoms with Crippen molar-refractivity contribution in [2.75, 3.05) is 33.9 Å². The number of esters is 1. The lowest BCUT2D eigenvalue weighted by atomic mass is 10.0. The van der Waals surface area contributed by atoms with Gasteiger partial charge in [0.15, 0.2) is 17.6 Å². The van der Waals surface area contributed by atoms with E-state index < -0.39 is 22.7 Å². The zero-order valence-electron chi connectivity index (χ0n) is 16.1. The third kappa shape index (κ3) is 4.15.